The summed E-state index contributed by atoms with van der Waals surface area (Å²) >= 11 is 0. The van der Waals surface area contributed by atoms with Crippen molar-refractivity contribution in [1.82, 2.24) is 15.2 Å². The molecule has 0 saturated carbocycles. The number of H-pyrrole nitrogens is 1. The summed E-state index contributed by atoms with van der Waals surface area (Å²) in [5.41, 5.74) is 0. The maximum atomic E-state index is 12.6. The summed E-state index contributed by atoms with van der Waals surface area (Å²) in [5, 5.41) is 5.84. The van der Waals surface area contributed by atoms with Crippen molar-refractivity contribution in [3.05, 3.63) is 36.4 Å². The number of nitrogens with one attached hydrogen (secondary N) is 2. The summed E-state index contributed by atoms with van der Waals surface area (Å²) < 4.78 is 38.1. The molecule has 2 N–H and O–H groups in total. The van der Waals surface area contributed by atoms with E-state index in [1.165, 1.54) is 6.33 Å². The molecule has 1 aromatic heterocycles. The van der Waals surface area contributed by atoms with Crippen LogP contribution in [0.4, 0.5) is 10.3 Å². The molecule has 6 nitrogen and oxygen atoms in total. The monoisotopic (exact) mass is 242 g/mol. The van der Waals surface area contributed by atoms with Gasteiger partial charge in [0.25, 0.3) is 10.0 Å². The Balaban J connectivity index is 2.29. The predicted octanol–water partition coefficient (Wildman–Crippen LogP) is 0.745. The molecule has 0 aliphatic carbocycles. The first kappa shape index (κ1) is 10.6. The highest BCUT2D eigenvalue weighted by molar-refractivity contribution is 7.92. The predicted molar refractivity (Wildman–Crippen MR) is 53.6 cm³/mol. The molecular weight excluding hydrogens is 235 g/mol. The molecule has 0 amide bonds. The van der Waals surface area contributed by atoms with Gasteiger partial charge in [0.15, 0.2) is 0 Å². The first-order chi connectivity index (χ1) is 7.58. The van der Waals surface area contributed by atoms with Crippen molar-refractivity contribution >= 4 is 16.0 Å². The van der Waals surface area contributed by atoms with Crippen LogP contribution in [0.2, 0.25) is 0 Å². The topological polar surface area (TPSA) is 87.7 Å². The van der Waals surface area contributed by atoms with Gasteiger partial charge in [-0.15, -0.1) is 0 Å². The van der Waals surface area contributed by atoms with Gasteiger partial charge in [0.05, 0.1) is 4.90 Å². The van der Waals surface area contributed by atoms with Crippen molar-refractivity contribution in [3.8, 4) is 0 Å². The molecule has 2 rings (SSSR count). The zero-order valence-electron chi connectivity index (χ0n) is 7.88. The zero-order chi connectivity index (χ0) is 11.6. The van der Waals surface area contributed by atoms with Gasteiger partial charge in [-0.3, -0.25) is 0 Å². The Morgan fingerprint density at radius 3 is 2.50 bits per heavy atom. The average molecular weight is 242 g/mol. The Labute approximate surface area is 90.6 Å². The Morgan fingerprint density at radius 2 is 1.94 bits per heavy atom. The van der Waals surface area contributed by atoms with Crippen LogP contribution < -0.4 is 4.72 Å². The van der Waals surface area contributed by atoms with E-state index in [-0.39, 0.29) is 10.8 Å². The number of sulfonamides is 1. The second kappa shape index (κ2) is 3.89. The van der Waals surface area contributed by atoms with Crippen LogP contribution in [0.5, 0.6) is 0 Å². The molecule has 0 aliphatic heterocycles. The van der Waals surface area contributed by atoms with Gasteiger partial charge in [0.2, 0.25) is 5.95 Å². The summed E-state index contributed by atoms with van der Waals surface area (Å²) in [4.78, 5) is 3.56. The Bertz CT molecular complexity index is 565. The molecule has 0 radical (unpaired) electrons. The molecular formula is C8H7FN4O2S. The van der Waals surface area contributed by atoms with Gasteiger partial charge < -0.3 is 0 Å². The van der Waals surface area contributed by atoms with E-state index < -0.39 is 15.8 Å². The molecule has 2 aromatic rings. The summed E-state index contributed by atoms with van der Waals surface area (Å²) in [6, 6.07) is 4.45. The summed E-state index contributed by atoms with van der Waals surface area (Å²) in [6.07, 6.45) is 1.17. The van der Waals surface area contributed by atoms with Crippen molar-refractivity contribution in [2.45, 2.75) is 4.90 Å². The lowest BCUT2D eigenvalue weighted by molar-refractivity contribution is 0.599. The van der Waals surface area contributed by atoms with Gasteiger partial charge in [-0.1, -0.05) is 0 Å². The van der Waals surface area contributed by atoms with E-state index >= 15 is 0 Å². The van der Waals surface area contributed by atoms with E-state index in [9.17, 15) is 12.8 Å². The third-order valence-electron chi connectivity index (χ3n) is 1.77. The molecule has 0 fully saturated rings. The highest BCUT2D eigenvalue weighted by atomic mass is 32.2. The van der Waals surface area contributed by atoms with Crippen LogP contribution >= 0.6 is 0 Å². The molecule has 0 bridgehead atoms. The fraction of sp³-hybridized carbons (Fsp3) is 0. The second-order valence-corrected chi connectivity index (χ2v) is 4.58. The summed E-state index contributed by atoms with van der Waals surface area (Å²) in [7, 11) is -3.75. The van der Waals surface area contributed by atoms with Crippen molar-refractivity contribution in [2.24, 2.45) is 0 Å². The maximum absolute atomic E-state index is 12.6. The van der Waals surface area contributed by atoms with Gasteiger partial charge in [0.1, 0.15) is 12.1 Å². The number of hydrogen-bond donors (Lipinski definition) is 2. The van der Waals surface area contributed by atoms with E-state index in [0.29, 0.717) is 0 Å². The highest BCUT2D eigenvalue weighted by Gasteiger charge is 2.15. The van der Waals surface area contributed by atoms with E-state index in [1.54, 1.807) is 0 Å². The SMILES string of the molecule is O=S(=O)(Nc1ncn[nH]1)c1ccc(F)cc1. The number of nitrogens with zero attached hydrogens (tertiary/aromatic N) is 2. The Hall–Kier alpha value is -1.96. The number of aromatic amines is 1. The Kier molecular flexibility index (Phi) is 2.57. The molecule has 0 aliphatic rings. The molecule has 1 heterocycles. The van der Waals surface area contributed by atoms with Crippen LogP contribution in [0.1, 0.15) is 0 Å². The quantitative estimate of drug-likeness (QED) is 0.831. The van der Waals surface area contributed by atoms with Crippen molar-refractivity contribution in [2.75, 3.05) is 4.72 Å². The van der Waals surface area contributed by atoms with Crippen molar-refractivity contribution < 1.29 is 12.8 Å². The first-order valence-corrected chi connectivity index (χ1v) is 5.70. The minimum absolute atomic E-state index is 0.00400. The molecule has 8 heteroatoms. The molecule has 1 aromatic carbocycles. The minimum Gasteiger partial charge on any atom is -0.248 e. The van der Waals surface area contributed by atoms with Crippen LogP contribution in [0.15, 0.2) is 35.5 Å². The van der Waals surface area contributed by atoms with E-state index in [2.05, 4.69) is 19.9 Å². The van der Waals surface area contributed by atoms with Gasteiger partial charge in [0, 0.05) is 0 Å². The zero-order valence-corrected chi connectivity index (χ0v) is 8.70. The number of anilines is 1. The lowest BCUT2D eigenvalue weighted by Gasteiger charge is -2.04. The Morgan fingerprint density at radius 1 is 1.25 bits per heavy atom. The number of benzene rings is 1. The van der Waals surface area contributed by atoms with Crippen LogP contribution in [0.25, 0.3) is 0 Å². The lowest BCUT2D eigenvalue weighted by atomic mass is 10.4. The van der Waals surface area contributed by atoms with Crippen LogP contribution in [0, 0.1) is 5.82 Å². The van der Waals surface area contributed by atoms with E-state index in [1.807, 2.05) is 0 Å². The number of aromatic nitrogens is 3. The fourth-order valence-electron chi connectivity index (χ4n) is 1.05. The molecule has 0 unspecified atom stereocenters. The summed E-state index contributed by atoms with van der Waals surface area (Å²) in [6.45, 7) is 0. The van der Waals surface area contributed by atoms with Gasteiger partial charge in [-0.2, -0.15) is 10.1 Å². The third-order valence-corrected chi connectivity index (χ3v) is 3.12. The number of rotatable bonds is 3. The normalized spacial score (nSPS) is 11.3. The van der Waals surface area contributed by atoms with Gasteiger partial charge in [-0.05, 0) is 24.3 Å². The van der Waals surface area contributed by atoms with Crippen LogP contribution in [-0.4, -0.2) is 23.6 Å². The third kappa shape index (κ3) is 2.16. The minimum atomic E-state index is -3.75. The van der Waals surface area contributed by atoms with E-state index in [4.69, 9.17) is 0 Å². The van der Waals surface area contributed by atoms with Gasteiger partial charge in [-0.25, -0.2) is 22.6 Å². The number of hydrogen-bond acceptors (Lipinski definition) is 4. The smallest absolute Gasteiger partial charge is 0.248 e. The highest BCUT2D eigenvalue weighted by Crippen LogP contribution is 2.12. The first-order valence-electron chi connectivity index (χ1n) is 4.22. The molecule has 84 valence electrons. The fourth-order valence-corrected chi connectivity index (χ4v) is 2.02. The van der Waals surface area contributed by atoms with Crippen LogP contribution in [-0.2, 0) is 10.0 Å². The van der Waals surface area contributed by atoms with Crippen molar-refractivity contribution in [1.29, 1.82) is 0 Å². The standard InChI is InChI=1S/C8H7FN4O2S/c9-6-1-3-7(4-2-6)16(14,15)13-8-10-5-11-12-8/h1-5H,(H2,10,11,12,13). The summed E-state index contributed by atoms with van der Waals surface area (Å²) in [5.74, 6) is -0.497. The molecule has 0 atom stereocenters. The second-order valence-electron chi connectivity index (χ2n) is 2.89. The number of halogens is 1. The van der Waals surface area contributed by atoms with Gasteiger partial charge >= 0.3 is 0 Å². The maximum Gasteiger partial charge on any atom is 0.264 e. The van der Waals surface area contributed by atoms with Crippen LogP contribution in [0.3, 0.4) is 0 Å². The largest absolute Gasteiger partial charge is 0.264 e. The molecule has 16 heavy (non-hydrogen) atoms. The molecule has 0 saturated heterocycles. The molecule has 0 spiro atoms. The average Bonchev–Trinajstić information content (AvgIpc) is 2.70. The van der Waals surface area contributed by atoms with Crippen molar-refractivity contribution in [3.63, 3.8) is 0 Å². The van der Waals surface area contributed by atoms with E-state index in [0.717, 1.165) is 24.3 Å². The lowest BCUT2D eigenvalue weighted by Crippen LogP contribution is -2.13.